The Hall–Kier alpha value is -0.990. The molecule has 3 nitrogen and oxygen atoms in total. The summed E-state index contributed by atoms with van der Waals surface area (Å²) >= 11 is 0. The lowest BCUT2D eigenvalue weighted by Gasteiger charge is -2.30. The highest BCUT2D eigenvalue weighted by molar-refractivity contribution is 5.81. The van der Waals surface area contributed by atoms with E-state index in [0.717, 1.165) is 5.32 Å². The maximum Gasteiger partial charge on any atom is 0.417 e. The van der Waals surface area contributed by atoms with Crippen LogP contribution >= 0.6 is 0 Å². The van der Waals surface area contributed by atoms with Crippen LogP contribution in [0.5, 0.6) is 0 Å². The standard InChI is InChI=1S/C7H9F6NO2/c1-5(4(15)16-2,7(11,12)13)14-3-6(8,9)10/h14H,3H2,1-2H3. The first-order valence-corrected chi connectivity index (χ1v) is 3.91. The predicted octanol–water partition coefficient (Wildman–Crippen LogP) is 1.63. The summed E-state index contributed by atoms with van der Waals surface area (Å²) in [6.07, 6.45) is -10.0. The Kier molecular flexibility index (Phi) is 4.20. The first kappa shape index (κ1) is 15.0. The number of hydrogen-bond donors (Lipinski definition) is 1. The molecular formula is C7H9F6NO2. The molecule has 0 saturated carbocycles. The number of carbonyl (C=O) groups is 1. The van der Waals surface area contributed by atoms with Gasteiger partial charge in [-0.25, -0.2) is 4.79 Å². The molecule has 1 atom stereocenters. The minimum atomic E-state index is -5.19. The van der Waals surface area contributed by atoms with Crippen molar-refractivity contribution in [3.8, 4) is 0 Å². The Labute approximate surface area is 86.7 Å². The molecule has 0 aromatic rings. The second kappa shape index (κ2) is 4.48. The summed E-state index contributed by atoms with van der Waals surface area (Å²) in [6.45, 7) is -1.66. The van der Waals surface area contributed by atoms with Gasteiger partial charge in [-0.2, -0.15) is 26.3 Å². The molecule has 0 amide bonds. The van der Waals surface area contributed by atoms with E-state index in [2.05, 4.69) is 4.74 Å². The van der Waals surface area contributed by atoms with E-state index in [9.17, 15) is 31.1 Å². The van der Waals surface area contributed by atoms with Gasteiger partial charge in [0.1, 0.15) is 0 Å². The largest absolute Gasteiger partial charge is 0.467 e. The molecule has 0 aromatic carbocycles. The quantitative estimate of drug-likeness (QED) is 0.613. The van der Waals surface area contributed by atoms with Crippen LogP contribution in [0.15, 0.2) is 0 Å². The van der Waals surface area contributed by atoms with E-state index in [1.165, 1.54) is 0 Å². The monoisotopic (exact) mass is 253 g/mol. The van der Waals surface area contributed by atoms with Crippen molar-refractivity contribution < 1.29 is 35.9 Å². The average Bonchev–Trinajstić information content (AvgIpc) is 2.09. The summed E-state index contributed by atoms with van der Waals surface area (Å²) in [4.78, 5) is 10.8. The molecule has 0 spiro atoms. The first-order valence-electron chi connectivity index (χ1n) is 3.91. The predicted molar refractivity (Wildman–Crippen MR) is 40.5 cm³/mol. The summed E-state index contributed by atoms with van der Waals surface area (Å²) < 4.78 is 76.3. The number of carbonyl (C=O) groups excluding carboxylic acids is 1. The Balaban J connectivity index is 4.91. The van der Waals surface area contributed by atoms with Gasteiger partial charge in [0.25, 0.3) is 0 Å². The fourth-order valence-corrected chi connectivity index (χ4v) is 0.769. The van der Waals surface area contributed by atoms with Gasteiger partial charge in [-0.3, -0.25) is 5.32 Å². The smallest absolute Gasteiger partial charge is 0.417 e. The van der Waals surface area contributed by atoms with Crippen molar-refractivity contribution in [1.29, 1.82) is 0 Å². The van der Waals surface area contributed by atoms with Crippen LogP contribution in [0.4, 0.5) is 26.3 Å². The summed E-state index contributed by atoms with van der Waals surface area (Å²) in [5.74, 6) is -1.83. The van der Waals surface area contributed by atoms with Crippen LogP contribution in [0.2, 0.25) is 0 Å². The Morgan fingerprint density at radius 2 is 1.62 bits per heavy atom. The van der Waals surface area contributed by atoms with Crippen molar-refractivity contribution >= 4 is 5.97 Å². The zero-order chi connectivity index (χ0) is 13.2. The van der Waals surface area contributed by atoms with Crippen LogP contribution in [0.1, 0.15) is 6.92 Å². The number of nitrogens with one attached hydrogen (secondary N) is 1. The molecule has 0 aliphatic carbocycles. The van der Waals surface area contributed by atoms with Crippen LogP contribution in [-0.4, -0.2) is 37.5 Å². The molecule has 0 radical (unpaired) electrons. The number of ether oxygens (including phenoxy) is 1. The topological polar surface area (TPSA) is 38.3 Å². The molecular weight excluding hydrogens is 244 g/mol. The minimum Gasteiger partial charge on any atom is -0.467 e. The van der Waals surface area contributed by atoms with Crippen LogP contribution in [0.25, 0.3) is 0 Å². The van der Waals surface area contributed by atoms with Crippen molar-refractivity contribution in [3.05, 3.63) is 0 Å². The lowest BCUT2D eigenvalue weighted by atomic mass is 10.0. The zero-order valence-electron chi connectivity index (χ0n) is 8.29. The summed E-state index contributed by atoms with van der Waals surface area (Å²) in [7, 11) is 0.654. The molecule has 1 unspecified atom stereocenters. The fourth-order valence-electron chi connectivity index (χ4n) is 0.769. The highest BCUT2D eigenvalue weighted by Crippen LogP contribution is 2.31. The third-order valence-electron chi connectivity index (χ3n) is 1.80. The summed E-state index contributed by atoms with van der Waals surface area (Å²) in [5, 5.41) is 1.10. The fraction of sp³-hybridized carbons (Fsp3) is 0.857. The molecule has 0 aliphatic heterocycles. The van der Waals surface area contributed by atoms with Crippen molar-refractivity contribution in [3.63, 3.8) is 0 Å². The third-order valence-corrected chi connectivity index (χ3v) is 1.80. The molecule has 0 saturated heterocycles. The maximum absolute atomic E-state index is 12.4. The van der Waals surface area contributed by atoms with Crippen molar-refractivity contribution in [1.82, 2.24) is 5.32 Å². The van der Waals surface area contributed by atoms with E-state index in [4.69, 9.17) is 0 Å². The van der Waals surface area contributed by atoms with Crippen molar-refractivity contribution in [2.75, 3.05) is 13.7 Å². The van der Waals surface area contributed by atoms with Crippen LogP contribution in [-0.2, 0) is 9.53 Å². The van der Waals surface area contributed by atoms with Crippen molar-refractivity contribution in [2.45, 2.75) is 24.8 Å². The Morgan fingerprint density at radius 1 is 1.19 bits per heavy atom. The third kappa shape index (κ3) is 3.54. The molecule has 96 valence electrons. The van der Waals surface area contributed by atoms with E-state index in [0.29, 0.717) is 7.11 Å². The van der Waals surface area contributed by atoms with Crippen LogP contribution in [0, 0.1) is 0 Å². The Bertz CT molecular complexity index is 261. The second-order valence-electron chi connectivity index (χ2n) is 3.08. The molecule has 16 heavy (non-hydrogen) atoms. The van der Waals surface area contributed by atoms with Gasteiger partial charge in [0, 0.05) is 0 Å². The number of methoxy groups -OCH3 is 1. The average molecular weight is 253 g/mol. The number of halogens is 6. The second-order valence-corrected chi connectivity index (χ2v) is 3.08. The van der Waals surface area contributed by atoms with Gasteiger partial charge in [-0.1, -0.05) is 0 Å². The molecule has 1 N–H and O–H groups in total. The van der Waals surface area contributed by atoms with Crippen LogP contribution in [0.3, 0.4) is 0 Å². The normalized spacial score (nSPS) is 16.8. The number of hydrogen-bond acceptors (Lipinski definition) is 3. The van der Waals surface area contributed by atoms with Gasteiger partial charge in [0.05, 0.1) is 13.7 Å². The van der Waals surface area contributed by atoms with E-state index >= 15 is 0 Å². The van der Waals surface area contributed by atoms with E-state index in [1.807, 2.05) is 0 Å². The molecule has 0 aliphatic rings. The number of esters is 1. The lowest BCUT2D eigenvalue weighted by Crippen LogP contribution is -2.62. The summed E-state index contributed by atoms with van der Waals surface area (Å²) in [6, 6.07) is 0. The Morgan fingerprint density at radius 3 is 1.88 bits per heavy atom. The van der Waals surface area contributed by atoms with E-state index in [1.54, 1.807) is 0 Å². The van der Waals surface area contributed by atoms with Gasteiger partial charge in [0.2, 0.25) is 5.54 Å². The number of alkyl halides is 6. The van der Waals surface area contributed by atoms with Gasteiger partial charge >= 0.3 is 18.3 Å². The van der Waals surface area contributed by atoms with Gasteiger partial charge in [0.15, 0.2) is 0 Å². The van der Waals surface area contributed by atoms with Gasteiger partial charge in [-0.05, 0) is 6.92 Å². The van der Waals surface area contributed by atoms with E-state index < -0.39 is 30.4 Å². The molecule has 0 heterocycles. The molecule has 9 heteroatoms. The zero-order valence-corrected chi connectivity index (χ0v) is 8.29. The van der Waals surface area contributed by atoms with E-state index in [-0.39, 0.29) is 6.92 Å². The maximum atomic E-state index is 12.4. The summed E-state index contributed by atoms with van der Waals surface area (Å²) in [5.41, 5.74) is -3.38. The van der Waals surface area contributed by atoms with Gasteiger partial charge in [-0.15, -0.1) is 0 Å². The minimum absolute atomic E-state index is 0.282. The van der Waals surface area contributed by atoms with Crippen LogP contribution < -0.4 is 5.32 Å². The van der Waals surface area contributed by atoms with Crippen molar-refractivity contribution in [2.24, 2.45) is 0 Å². The highest BCUT2D eigenvalue weighted by atomic mass is 19.4. The molecule has 0 fully saturated rings. The number of rotatable bonds is 3. The molecule has 0 aromatic heterocycles. The highest BCUT2D eigenvalue weighted by Gasteiger charge is 2.58. The lowest BCUT2D eigenvalue weighted by molar-refractivity contribution is -0.214. The first-order chi connectivity index (χ1) is 6.94. The van der Waals surface area contributed by atoms with Gasteiger partial charge < -0.3 is 4.74 Å². The molecule has 0 bridgehead atoms. The molecule has 0 rings (SSSR count). The SMILES string of the molecule is COC(=O)C(C)(NCC(F)(F)F)C(F)(F)F.